The number of benzene rings is 5. The Morgan fingerprint density at radius 1 is 0.756 bits per heavy atom. The minimum absolute atomic E-state index is 0.176. The van der Waals surface area contributed by atoms with Gasteiger partial charge in [0.05, 0.1) is 11.4 Å². The van der Waals surface area contributed by atoms with Crippen LogP contribution in [-0.2, 0) is 11.4 Å². The van der Waals surface area contributed by atoms with E-state index in [1.165, 1.54) is 4.90 Å². The van der Waals surface area contributed by atoms with E-state index in [0.717, 1.165) is 61.3 Å². The van der Waals surface area contributed by atoms with Gasteiger partial charge in [0.2, 0.25) is 0 Å². The molecule has 0 aliphatic carbocycles. The summed E-state index contributed by atoms with van der Waals surface area (Å²) in [5.74, 6) is 1.09. The second-order valence-electron chi connectivity index (χ2n) is 10.1. The summed E-state index contributed by atoms with van der Waals surface area (Å²) in [6, 6.07) is 32.3. The maximum Gasteiger partial charge on any atom is 0.293 e. The molecular formula is C35H29NO4S. The average Bonchev–Trinajstić information content (AvgIpc) is 3.25. The van der Waals surface area contributed by atoms with Crippen LogP contribution in [0.1, 0.15) is 22.3 Å². The number of fused-ring (bicyclic) bond motifs is 2. The first-order valence-electron chi connectivity index (χ1n) is 13.5. The van der Waals surface area contributed by atoms with Crippen LogP contribution in [0.25, 0.3) is 27.6 Å². The molecule has 5 aromatic rings. The van der Waals surface area contributed by atoms with Crippen molar-refractivity contribution in [2.75, 3.05) is 13.2 Å². The number of imide groups is 1. The number of amides is 2. The highest BCUT2D eigenvalue weighted by atomic mass is 32.2. The molecule has 1 heterocycles. The number of rotatable bonds is 8. The number of aryl methyl sites for hydroxylation is 2. The Kier molecular flexibility index (Phi) is 7.49. The molecule has 1 aliphatic rings. The molecule has 0 saturated carbocycles. The van der Waals surface area contributed by atoms with Gasteiger partial charge in [-0.1, -0.05) is 84.9 Å². The summed E-state index contributed by atoms with van der Waals surface area (Å²) in [5.41, 5.74) is 3.96. The molecule has 0 N–H and O–H groups in total. The van der Waals surface area contributed by atoms with Crippen molar-refractivity contribution in [1.82, 2.24) is 4.90 Å². The molecule has 0 spiro atoms. The molecular weight excluding hydrogens is 530 g/mol. The molecule has 41 heavy (non-hydrogen) atoms. The third-order valence-corrected chi connectivity index (χ3v) is 8.17. The van der Waals surface area contributed by atoms with Crippen LogP contribution in [0, 0.1) is 13.8 Å². The van der Waals surface area contributed by atoms with Crippen molar-refractivity contribution in [3.63, 3.8) is 0 Å². The van der Waals surface area contributed by atoms with Crippen molar-refractivity contribution in [3.05, 3.63) is 124 Å². The summed E-state index contributed by atoms with van der Waals surface area (Å²) in [4.78, 5) is 27.9. The molecule has 6 rings (SSSR count). The van der Waals surface area contributed by atoms with Gasteiger partial charge in [-0.3, -0.25) is 14.5 Å². The monoisotopic (exact) mass is 559 g/mol. The van der Waals surface area contributed by atoms with E-state index in [1.807, 2.05) is 86.6 Å². The van der Waals surface area contributed by atoms with Crippen molar-refractivity contribution in [3.8, 4) is 11.5 Å². The first-order chi connectivity index (χ1) is 20.0. The maximum atomic E-state index is 13.4. The Morgan fingerprint density at radius 3 is 2.32 bits per heavy atom. The van der Waals surface area contributed by atoms with Crippen LogP contribution < -0.4 is 9.47 Å². The second-order valence-corrected chi connectivity index (χ2v) is 11.1. The Morgan fingerprint density at radius 2 is 1.49 bits per heavy atom. The Bertz CT molecular complexity index is 1820. The lowest BCUT2D eigenvalue weighted by Gasteiger charge is -2.15. The van der Waals surface area contributed by atoms with Gasteiger partial charge >= 0.3 is 0 Å². The smallest absolute Gasteiger partial charge is 0.293 e. The normalized spacial score (nSPS) is 14.4. The van der Waals surface area contributed by atoms with Crippen LogP contribution in [0.5, 0.6) is 11.5 Å². The van der Waals surface area contributed by atoms with Crippen LogP contribution in [-0.4, -0.2) is 29.2 Å². The molecule has 0 unspecified atom stereocenters. The number of hydrogen-bond acceptors (Lipinski definition) is 5. The van der Waals surface area contributed by atoms with E-state index in [1.54, 1.807) is 6.08 Å². The fraction of sp³-hybridized carbons (Fsp3) is 0.143. The van der Waals surface area contributed by atoms with Gasteiger partial charge in [0.15, 0.2) is 0 Å². The van der Waals surface area contributed by atoms with Crippen LogP contribution in [0.15, 0.2) is 102 Å². The van der Waals surface area contributed by atoms with E-state index >= 15 is 0 Å². The third kappa shape index (κ3) is 5.56. The molecule has 0 aromatic heterocycles. The van der Waals surface area contributed by atoms with Gasteiger partial charge in [-0.15, -0.1) is 0 Å². The Hall–Kier alpha value is -4.55. The zero-order valence-corrected chi connectivity index (χ0v) is 23.7. The van der Waals surface area contributed by atoms with Crippen molar-refractivity contribution in [1.29, 1.82) is 0 Å². The van der Waals surface area contributed by atoms with Gasteiger partial charge in [0.1, 0.15) is 24.7 Å². The lowest BCUT2D eigenvalue weighted by Crippen LogP contribution is -2.32. The average molecular weight is 560 g/mol. The van der Waals surface area contributed by atoms with Crippen molar-refractivity contribution in [2.24, 2.45) is 0 Å². The molecule has 1 fully saturated rings. The fourth-order valence-electron chi connectivity index (χ4n) is 5.06. The number of thioether (sulfide) groups is 1. The molecule has 5 nitrogen and oxygen atoms in total. The van der Waals surface area contributed by atoms with Crippen LogP contribution in [0.3, 0.4) is 0 Å². The van der Waals surface area contributed by atoms with E-state index in [2.05, 4.69) is 24.3 Å². The molecule has 0 bridgehead atoms. The topological polar surface area (TPSA) is 55.8 Å². The summed E-state index contributed by atoms with van der Waals surface area (Å²) < 4.78 is 12.3. The first-order valence-corrected chi connectivity index (χ1v) is 14.4. The number of hydrogen-bond donors (Lipinski definition) is 0. The number of ether oxygens (including phenoxy) is 2. The first kappa shape index (κ1) is 26.7. The van der Waals surface area contributed by atoms with Crippen LogP contribution in [0.4, 0.5) is 4.79 Å². The predicted molar refractivity (Wildman–Crippen MR) is 166 cm³/mol. The molecule has 6 heteroatoms. The van der Waals surface area contributed by atoms with Gasteiger partial charge in [0.25, 0.3) is 11.1 Å². The lowest BCUT2D eigenvalue weighted by molar-refractivity contribution is -0.123. The molecule has 0 atom stereocenters. The highest BCUT2D eigenvalue weighted by molar-refractivity contribution is 8.18. The summed E-state index contributed by atoms with van der Waals surface area (Å²) >= 11 is 0.950. The van der Waals surface area contributed by atoms with E-state index in [4.69, 9.17) is 9.47 Å². The summed E-state index contributed by atoms with van der Waals surface area (Å²) in [6.07, 6.45) is 1.79. The molecule has 5 aromatic carbocycles. The van der Waals surface area contributed by atoms with E-state index < -0.39 is 0 Å². The zero-order chi connectivity index (χ0) is 28.3. The van der Waals surface area contributed by atoms with E-state index in [9.17, 15) is 9.59 Å². The largest absolute Gasteiger partial charge is 0.491 e. The number of carbonyl (C=O) groups excluding carboxylic acids is 2. The van der Waals surface area contributed by atoms with Gasteiger partial charge < -0.3 is 9.47 Å². The fourth-order valence-corrected chi connectivity index (χ4v) is 5.90. The van der Waals surface area contributed by atoms with Crippen molar-refractivity contribution < 1.29 is 19.1 Å². The number of nitrogens with zero attached hydrogens (tertiary/aromatic N) is 1. The predicted octanol–water partition coefficient (Wildman–Crippen LogP) is 8.30. The van der Waals surface area contributed by atoms with E-state index in [-0.39, 0.29) is 24.3 Å². The minimum Gasteiger partial charge on any atom is -0.491 e. The Labute approximate surface area is 243 Å². The summed E-state index contributed by atoms with van der Waals surface area (Å²) in [5, 5.41) is 3.97. The van der Waals surface area contributed by atoms with Gasteiger partial charge in [-0.2, -0.15) is 0 Å². The quantitative estimate of drug-likeness (QED) is 0.179. The minimum atomic E-state index is -0.322. The highest BCUT2D eigenvalue weighted by Gasteiger charge is 2.35. The Balaban J connectivity index is 1.26. The molecule has 1 saturated heterocycles. The molecule has 204 valence electrons. The lowest BCUT2D eigenvalue weighted by atomic mass is 10.0. The maximum absolute atomic E-state index is 13.4. The van der Waals surface area contributed by atoms with Crippen molar-refractivity contribution in [2.45, 2.75) is 20.5 Å². The van der Waals surface area contributed by atoms with Gasteiger partial charge in [-0.25, -0.2) is 0 Å². The molecule has 2 amide bonds. The summed E-state index contributed by atoms with van der Waals surface area (Å²) in [7, 11) is 0. The second kappa shape index (κ2) is 11.5. The zero-order valence-electron chi connectivity index (χ0n) is 22.9. The SMILES string of the molecule is Cc1ccc(C)c(OCCN2C(=O)S/C(=C\c3c(OCc4cccc5ccccc45)ccc4ccccc34)C2=O)c1. The van der Waals surface area contributed by atoms with Crippen LogP contribution in [0.2, 0.25) is 0 Å². The number of carbonyl (C=O) groups is 2. The third-order valence-electron chi connectivity index (χ3n) is 7.26. The highest BCUT2D eigenvalue weighted by Crippen LogP contribution is 2.37. The van der Waals surface area contributed by atoms with Gasteiger partial charge in [-0.05, 0) is 82.1 Å². The summed E-state index contributed by atoms with van der Waals surface area (Å²) in [6.45, 7) is 4.75. The van der Waals surface area contributed by atoms with E-state index in [0.29, 0.717) is 17.3 Å². The molecule has 1 aliphatic heterocycles. The van der Waals surface area contributed by atoms with Crippen molar-refractivity contribution >= 4 is 50.5 Å². The standard InChI is InChI=1S/C35H29NO4S/c1-23-14-15-24(2)32(20-23)39-19-18-36-34(37)33(41-35(36)38)21-30-29-13-6-4-9-26(29)16-17-31(30)40-22-27-11-7-10-25-8-3-5-12-28(25)27/h3-17,20-21H,18-19,22H2,1-2H3/b33-21-. The van der Waals surface area contributed by atoms with Crippen LogP contribution >= 0.6 is 11.8 Å². The van der Waals surface area contributed by atoms with Gasteiger partial charge in [0, 0.05) is 5.56 Å². The molecule has 0 radical (unpaired) electrons.